The molecular formula is C40H55ClN2O3. The van der Waals surface area contributed by atoms with Crippen molar-refractivity contribution in [1.82, 2.24) is 10.3 Å². The minimum absolute atomic E-state index is 0.0265. The van der Waals surface area contributed by atoms with Crippen LogP contribution in [0.3, 0.4) is 0 Å². The second-order valence-electron chi connectivity index (χ2n) is 17.4. The van der Waals surface area contributed by atoms with Crippen molar-refractivity contribution in [2.45, 2.75) is 112 Å². The zero-order valence-electron chi connectivity index (χ0n) is 29.4. The van der Waals surface area contributed by atoms with E-state index in [2.05, 4.69) is 77.0 Å². The largest absolute Gasteiger partial charge is 0.465 e. The molecule has 1 aromatic carbocycles. The van der Waals surface area contributed by atoms with Crippen molar-refractivity contribution in [3.8, 4) is 0 Å². The third-order valence-corrected chi connectivity index (χ3v) is 15.6. The maximum Gasteiger partial charge on any atom is 0.325 e. The molecule has 7 rings (SSSR count). The number of H-pyrrole nitrogens is 1. The second-order valence-corrected chi connectivity index (χ2v) is 17.8. The summed E-state index contributed by atoms with van der Waals surface area (Å²) in [7, 11) is 0. The Bertz CT molecular complexity index is 1620. The first-order valence-electron chi connectivity index (χ1n) is 18.1. The number of fused-ring (bicyclic) bond motifs is 10. The number of esters is 1. The molecule has 2 N–H and O–H groups in total. The molecule has 5 aliphatic carbocycles. The summed E-state index contributed by atoms with van der Waals surface area (Å²) >= 11 is 6.58. The van der Waals surface area contributed by atoms with Gasteiger partial charge in [-0.1, -0.05) is 71.7 Å². The van der Waals surface area contributed by atoms with Gasteiger partial charge in [-0.2, -0.15) is 0 Å². The van der Waals surface area contributed by atoms with Crippen molar-refractivity contribution in [3.63, 3.8) is 0 Å². The van der Waals surface area contributed by atoms with Gasteiger partial charge in [-0.15, -0.1) is 0 Å². The molecule has 250 valence electrons. The van der Waals surface area contributed by atoms with Gasteiger partial charge in [-0.25, -0.2) is 0 Å². The minimum Gasteiger partial charge on any atom is -0.465 e. The summed E-state index contributed by atoms with van der Waals surface area (Å²) in [6.45, 7) is 19.7. The molecule has 0 bridgehead atoms. The van der Waals surface area contributed by atoms with Crippen molar-refractivity contribution in [2.24, 2.45) is 51.2 Å². The molecule has 0 saturated heterocycles. The number of hydrogen-bond acceptors (Lipinski definition) is 3. The van der Waals surface area contributed by atoms with Crippen LogP contribution in [0.2, 0.25) is 5.02 Å². The number of carbonyl (C=O) groups is 2. The first-order chi connectivity index (χ1) is 21.6. The number of nitrogens with one attached hydrogen (secondary N) is 2. The van der Waals surface area contributed by atoms with Crippen LogP contribution in [0.25, 0.3) is 10.9 Å². The maximum atomic E-state index is 14.2. The van der Waals surface area contributed by atoms with Gasteiger partial charge in [-0.3, -0.25) is 9.59 Å². The molecule has 1 aromatic heterocycles. The number of benzene rings is 1. The van der Waals surface area contributed by atoms with Gasteiger partial charge < -0.3 is 15.0 Å². The fourth-order valence-corrected chi connectivity index (χ4v) is 12.9. The lowest BCUT2D eigenvalue weighted by molar-refractivity contribution is -0.170. The SMILES string of the molecule is CCOC(=O)CNC(=O)[C@]12CC[C@@H](C)[C@H](C)[C@H]1C1=CC[C@@H]3[C@@]4(C)Cc5c([nH]c6ccc(Cl)cc56)C(C)(C)[C@@H]4CC[C@@]3(C)[C@]1(C)CC2. The molecule has 6 heteroatoms. The molecule has 0 unspecified atom stereocenters. The van der Waals surface area contributed by atoms with Gasteiger partial charge in [0.2, 0.25) is 5.91 Å². The van der Waals surface area contributed by atoms with E-state index in [9.17, 15) is 9.59 Å². The Kier molecular flexibility index (Phi) is 7.45. The van der Waals surface area contributed by atoms with Gasteiger partial charge >= 0.3 is 5.97 Å². The summed E-state index contributed by atoms with van der Waals surface area (Å²) < 4.78 is 5.17. The van der Waals surface area contributed by atoms with Gasteiger partial charge in [0.25, 0.3) is 0 Å². The highest BCUT2D eigenvalue weighted by Crippen LogP contribution is 2.75. The Labute approximate surface area is 281 Å². The molecule has 46 heavy (non-hydrogen) atoms. The number of hydrogen-bond donors (Lipinski definition) is 2. The topological polar surface area (TPSA) is 71.2 Å². The third-order valence-electron chi connectivity index (χ3n) is 15.3. The summed E-state index contributed by atoms with van der Waals surface area (Å²) in [5.74, 6) is 2.01. The van der Waals surface area contributed by atoms with Crippen LogP contribution in [0, 0.1) is 51.2 Å². The standard InChI is InChI=1S/C40H55ClN2O3/c1-9-46-32(44)22-42-35(45)40-17-14-23(2)24(3)33(40)28-11-13-31-37(6)21-27-26-20-25(41)10-12-29(26)43-34(27)36(4,5)30(37)15-16-39(31,8)38(28,7)18-19-40/h10-12,20,23-24,30-31,33,43H,9,13-19,21-22H2,1-8H3,(H,42,45)/t23-,24+,30+,31-,33+,37+,38-,39-,40+/m1/s1. The number of carbonyl (C=O) groups excluding carboxylic acids is 2. The Hall–Kier alpha value is -2.27. The van der Waals surface area contributed by atoms with Crippen molar-refractivity contribution >= 4 is 34.4 Å². The number of amides is 1. The highest BCUT2D eigenvalue weighted by molar-refractivity contribution is 6.31. The number of halogens is 1. The van der Waals surface area contributed by atoms with Gasteiger partial charge in [0, 0.05) is 27.0 Å². The number of allylic oxidation sites excluding steroid dienone is 2. The first kappa shape index (κ1) is 32.3. The monoisotopic (exact) mass is 646 g/mol. The average Bonchev–Trinajstić information content (AvgIpc) is 3.36. The van der Waals surface area contributed by atoms with E-state index in [-0.39, 0.29) is 46.0 Å². The third kappa shape index (κ3) is 4.18. The van der Waals surface area contributed by atoms with Crippen molar-refractivity contribution in [1.29, 1.82) is 0 Å². The van der Waals surface area contributed by atoms with E-state index in [4.69, 9.17) is 16.3 Å². The zero-order valence-corrected chi connectivity index (χ0v) is 30.1. The molecule has 5 nitrogen and oxygen atoms in total. The van der Waals surface area contributed by atoms with Crippen LogP contribution in [0.1, 0.15) is 112 Å². The molecule has 1 heterocycles. The summed E-state index contributed by atoms with van der Waals surface area (Å²) in [6, 6.07) is 6.34. The fraction of sp³-hybridized carbons (Fsp3) is 0.700. The lowest BCUT2D eigenvalue weighted by Crippen LogP contribution is -2.65. The highest BCUT2D eigenvalue weighted by atomic mass is 35.5. The number of ether oxygens (including phenoxy) is 1. The van der Waals surface area contributed by atoms with E-state index in [0.717, 1.165) is 43.5 Å². The number of rotatable bonds is 4. The zero-order chi connectivity index (χ0) is 33.0. The number of aromatic amines is 1. The Morgan fingerprint density at radius 3 is 2.52 bits per heavy atom. The fourth-order valence-electron chi connectivity index (χ4n) is 12.7. The lowest BCUT2D eigenvalue weighted by atomic mass is 9.33. The normalized spacial score (nSPS) is 40.8. The number of aromatic nitrogens is 1. The minimum atomic E-state index is -0.459. The molecular weight excluding hydrogens is 592 g/mol. The van der Waals surface area contributed by atoms with Crippen LogP contribution in [-0.2, 0) is 26.2 Å². The molecule has 9 atom stereocenters. The summed E-state index contributed by atoms with van der Waals surface area (Å²) in [5, 5.41) is 5.16. The van der Waals surface area contributed by atoms with Crippen molar-refractivity contribution in [3.05, 3.63) is 46.1 Å². The predicted molar refractivity (Wildman–Crippen MR) is 186 cm³/mol. The maximum absolute atomic E-state index is 14.2. The van der Waals surface area contributed by atoms with Crippen LogP contribution in [0.5, 0.6) is 0 Å². The first-order valence-corrected chi connectivity index (χ1v) is 18.5. The van der Waals surface area contributed by atoms with Crippen LogP contribution in [0.15, 0.2) is 29.8 Å². The highest BCUT2D eigenvalue weighted by Gasteiger charge is 2.69. The van der Waals surface area contributed by atoms with E-state index in [0.29, 0.717) is 30.3 Å². The molecule has 3 fully saturated rings. The molecule has 1 amide bonds. The Morgan fingerprint density at radius 2 is 1.78 bits per heavy atom. The summed E-state index contributed by atoms with van der Waals surface area (Å²) in [5.41, 5.74) is 5.52. The smallest absolute Gasteiger partial charge is 0.325 e. The summed E-state index contributed by atoms with van der Waals surface area (Å²) in [6.07, 6.45) is 11.1. The Morgan fingerprint density at radius 1 is 1.02 bits per heavy atom. The quantitative estimate of drug-likeness (QED) is 0.257. The molecule has 3 saturated carbocycles. The van der Waals surface area contributed by atoms with E-state index < -0.39 is 5.41 Å². The molecule has 0 aliphatic heterocycles. The second kappa shape index (κ2) is 10.6. The van der Waals surface area contributed by atoms with E-state index in [1.165, 1.54) is 35.0 Å². The average molecular weight is 647 g/mol. The van der Waals surface area contributed by atoms with E-state index in [1.807, 2.05) is 6.07 Å². The molecule has 5 aliphatic rings. The van der Waals surface area contributed by atoms with Crippen molar-refractivity contribution < 1.29 is 14.3 Å². The van der Waals surface area contributed by atoms with Gasteiger partial charge in [-0.05, 0) is 128 Å². The van der Waals surface area contributed by atoms with Crippen LogP contribution in [-0.4, -0.2) is 30.0 Å². The van der Waals surface area contributed by atoms with Crippen LogP contribution >= 0.6 is 11.6 Å². The molecule has 0 spiro atoms. The predicted octanol–water partition coefficient (Wildman–Crippen LogP) is 9.17. The van der Waals surface area contributed by atoms with Gasteiger partial charge in [0.15, 0.2) is 0 Å². The van der Waals surface area contributed by atoms with Crippen molar-refractivity contribution in [2.75, 3.05) is 13.2 Å². The Balaban J connectivity index is 1.30. The van der Waals surface area contributed by atoms with E-state index in [1.54, 1.807) is 12.5 Å². The van der Waals surface area contributed by atoms with Crippen LogP contribution in [0.4, 0.5) is 0 Å². The summed E-state index contributed by atoms with van der Waals surface area (Å²) in [4.78, 5) is 30.4. The molecule has 2 aromatic rings. The van der Waals surface area contributed by atoms with E-state index >= 15 is 0 Å². The lowest BCUT2D eigenvalue weighted by Gasteiger charge is -2.71. The van der Waals surface area contributed by atoms with Gasteiger partial charge in [0.05, 0.1) is 12.0 Å². The van der Waals surface area contributed by atoms with Gasteiger partial charge in [0.1, 0.15) is 6.54 Å². The van der Waals surface area contributed by atoms with Crippen LogP contribution < -0.4 is 5.32 Å². The molecule has 0 radical (unpaired) electrons.